The van der Waals surface area contributed by atoms with Gasteiger partial charge < -0.3 is 10.1 Å². The summed E-state index contributed by atoms with van der Waals surface area (Å²) in [5, 5.41) is 3.34. The van der Waals surface area contributed by atoms with E-state index in [1.54, 1.807) is 0 Å². The molecule has 20 heavy (non-hydrogen) atoms. The number of benzene rings is 1. The Morgan fingerprint density at radius 1 is 1.30 bits per heavy atom. The molecule has 112 valence electrons. The molecule has 0 radical (unpaired) electrons. The Balaban J connectivity index is 1.95. The van der Waals surface area contributed by atoms with E-state index in [0.717, 1.165) is 38.4 Å². The van der Waals surface area contributed by atoms with Crippen molar-refractivity contribution >= 4 is 0 Å². The molecular weight excluding hydrogens is 260 g/mol. The highest BCUT2D eigenvalue weighted by Crippen LogP contribution is 2.31. The summed E-state index contributed by atoms with van der Waals surface area (Å²) in [7, 11) is 0. The lowest BCUT2D eigenvalue weighted by Gasteiger charge is -2.40. The average molecular weight is 283 g/mol. The minimum absolute atomic E-state index is 0.0591. The largest absolute Gasteiger partial charge is 0.375 e. The van der Waals surface area contributed by atoms with Crippen molar-refractivity contribution in [1.82, 2.24) is 5.32 Å². The minimum Gasteiger partial charge on any atom is -0.375 e. The summed E-state index contributed by atoms with van der Waals surface area (Å²) in [5.41, 5.74) is 0.325. The smallest absolute Gasteiger partial charge is 0.127 e. The fourth-order valence-electron chi connectivity index (χ4n) is 2.88. The first-order valence-corrected chi connectivity index (χ1v) is 7.40. The third-order valence-corrected chi connectivity index (χ3v) is 4.37. The molecule has 1 aromatic rings. The first-order chi connectivity index (χ1) is 9.58. The van der Waals surface area contributed by atoms with E-state index in [0.29, 0.717) is 18.2 Å². The van der Waals surface area contributed by atoms with Crippen molar-refractivity contribution in [1.29, 1.82) is 0 Å². The van der Waals surface area contributed by atoms with E-state index in [2.05, 4.69) is 19.2 Å². The predicted octanol–water partition coefficient (Wildman–Crippen LogP) is 3.79. The highest BCUT2D eigenvalue weighted by Gasteiger charge is 2.34. The Morgan fingerprint density at radius 3 is 2.75 bits per heavy atom. The third-order valence-electron chi connectivity index (χ3n) is 4.37. The van der Waals surface area contributed by atoms with Gasteiger partial charge in [0.05, 0.1) is 5.60 Å². The quantitative estimate of drug-likeness (QED) is 0.887. The molecule has 2 nitrogen and oxygen atoms in total. The zero-order valence-corrected chi connectivity index (χ0v) is 12.2. The van der Waals surface area contributed by atoms with E-state index in [-0.39, 0.29) is 11.4 Å². The van der Waals surface area contributed by atoms with Gasteiger partial charge in [0.15, 0.2) is 0 Å². The molecule has 1 aromatic carbocycles. The molecular formula is C16H23F2NO. The third kappa shape index (κ3) is 3.55. The van der Waals surface area contributed by atoms with Crippen molar-refractivity contribution in [3.05, 3.63) is 35.4 Å². The zero-order chi connectivity index (χ0) is 14.6. The van der Waals surface area contributed by atoms with E-state index >= 15 is 0 Å². The summed E-state index contributed by atoms with van der Waals surface area (Å²) >= 11 is 0. The van der Waals surface area contributed by atoms with Gasteiger partial charge in [0.2, 0.25) is 0 Å². The van der Waals surface area contributed by atoms with Crippen LogP contribution in [0.15, 0.2) is 18.2 Å². The van der Waals surface area contributed by atoms with Crippen LogP contribution in [0.3, 0.4) is 0 Å². The maximum atomic E-state index is 13.6. The monoisotopic (exact) mass is 283 g/mol. The summed E-state index contributed by atoms with van der Waals surface area (Å²) in [4.78, 5) is 0. The fourth-order valence-corrected chi connectivity index (χ4v) is 2.88. The van der Waals surface area contributed by atoms with Crippen molar-refractivity contribution in [2.45, 2.75) is 57.7 Å². The van der Waals surface area contributed by atoms with E-state index in [9.17, 15) is 8.78 Å². The van der Waals surface area contributed by atoms with Crippen molar-refractivity contribution in [2.75, 3.05) is 6.61 Å². The first kappa shape index (κ1) is 15.4. The van der Waals surface area contributed by atoms with E-state index in [1.165, 1.54) is 12.1 Å². The van der Waals surface area contributed by atoms with Crippen LogP contribution in [0.5, 0.6) is 0 Å². The molecule has 0 spiro atoms. The molecule has 0 aromatic heterocycles. The van der Waals surface area contributed by atoms with Crippen LogP contribution in [0.2, 0.25) is 0 Å². The molecule has 1 atom stereocenters. The van der Waals surface area contributed by atoms with E-state index in [4.69, 9.17) is 4.74 Å². The molecule has 0 aliphatic carbocycles. The van der Waals surface area contributed by atoms with Crippen LogP contribution in [0, 0.1) is 11.6 Å². The van der Waals surface area contributed by atoms with Crippen LogP contribution >= 0.6 is 0 Å². The number of halogens is 2. The maximum Gasteiger partial charge on any atom is 0.127 e. The van der Waals surface area contributed by atoms with Crippen LogP contribution in [-0.2, 0) is 11.3 Å². The van der Waals surface area contributed by atoms with Gasteiger partial charge in [-0.05, 0) is 43.9 Å². The molecule has 0 bridgehead atoms. The first-order valence-electron chi connectivity index (χ1n) is 7.40. The van der Waals surface area contributed by atoms with E-state index < -0.39 is 5.82 Å². The van der Waals surface area contributed by atoms with Crippen molar-refractivity contribution < 1.29 is 13.5 Å². The Hall–Kier alpha value is -1.00. The van der Waals surface area contributed by atoms with Crippen LogP contribution in [0.25, 0.3) is 0 Å². The lowest BCUT2D eigenvalue weighted by atomic mass is 9.86. The zero-order valence-electron chi connectivity index (χ0n) is 12.2. The highest BCUT2D eigenvalue weighted by atomic mass is 19.1. The molecule has 1 unspecified atom stereocenters. The van der Waals surface area contributed by atoms with Gasteiger partial charge in [0.25, 0.3) is 0 Å². The van der Waals surface area contributed by atoms with Crippen molar-refractivity contribution in [2.24, 2.45) is 0 Å². The van der Waals surface area contributed by atoms with Gasteiger partial charge in [0, 0.05) is 24.8 Å². The summed E-state index contributed by atoms with van der Waals surface area (Å²) in [6, 6.07) is 3.88. The number of ether oxygens (including phenoxy) is 1. The lowest BCUT2D eigenvalue weighted by molar-refractivity contribution is -0.0932. The molecule has 1 N–H and O–H groups in total. The Bertz CT molecular complexity index is 446. The molecule has 0 saturated carbocycles. The van der Waals surface area contributed by atoms with Gasteiger partial charge in [-0.1, -0.05) is 13.8 Å². The maximum absolute atomic E-state index is 13.6. The molecule has 1 fully saturated rings. The second-order valence-electron chi connectivity index (χ2n) is 5.54. The van der Waals surface area contributed by atoms with Crippen molar-refractivity contribution in [3.8, 4) is 0 Å². The second kappa shape index (κ2) is 6.64. The molecule has 0 amide bonds. The number of nitrogens with one attached hydrogen (secondary N) is 1. The summed E-state index contributed by atoms with van der Waals surface area (Å²) in [5.74, 6) is -0.755. The van der Waals surface area contributed by atoms with Gasteiger partial charge in [0.1, 0.15) is 11.6 Å². The molecule has 4 heteroatoms. The van der Waals surface area contributed by atoms with Gasteiger partial charge in [-0.25, -0.2) is 8.78 Å². The van der Waals surface area contributed by atoms with Gasteiger partial charge in [-0.2, -0.15) is 0 Å². The van der Waals surface area contributed by atoms with E-state index in [1.807, 2.05) is 0 Å². The summed E-state index contributed by atoms with van der Waals surface area (Å²) < 4.78 is 32.6. The fraction of sp³-hybridized carbons (Fsp3) is 0.625. The standard InChI is InChI=1S/C16H23F2NO/c1-3-16(4-2)10-14(7-8-20-16)19-11-12-9-13(17)5-6-15(12)18/h5-6,9,14,19H,3-4,7-8,10-11H2,1-2H3. The van der Waals surface area contributed by atoms with Crippen LogP contribution in [-0.4, -0.2) is 18.2 Å². The van der Waals surface area contributed by atoms with Crippen LogP contribution in [0.1, 0.15) is 45.1 Å². The molecule has 1 aliphatic heterocycles. The van der Waals surface area contributed by atoms with Gasteiger partial charge in [-0.3, -0.25) is 0 Å². The Kier molecular flexibility index (Phi) is 5.11. The Labute approximate surface area is 119 Å². The number of hydrogen-bond acceptors (Lipinski definition) is 2. The molecule has 1 aliphatic rings. The van der Waals surface area contributed by atoms with Crippen LogP contribution < -0.4 is 5.32 Å². The molecule has 1 saturated heterocycles. The van der Waals surface area contributed by atoms with Gasteiger partial charge >= 0.3 is 0 Å². The molecule has 1 heterocycles. The highest BCUT2D eigenvalue weighted by molar-refractivity contribution is 5.18. The lowest BCUT2D eigenvalue weighted by Crippen LogP contribution is -2.46. The van der Waals surface area contributed by atoms with Crippen LogP contribution in [0.4, 0.5) is 8.78 Å². The molecule has 2 rings (SSSR count). The predicted molar refractivity (Wildman–Crippen MR) is 75.5 cm³/mol. The number of hydrogen-bond donors (Lipinski definition) is 1. The SMILES string of the molecule is CCC1(CC)CC(NCc2cc(F)ccc2F)CCO1. The summed E-state index contributed by atoms with van der Waals surface area (Å²) in [6.07, 6.45) is 3.81. The van der Waals surface area contributed by atoms with Crippen molar-refractivity contribution in [3.63, 3.8) is 0 Å². The number of rotatable bonds is 5. The Morgan fingerprint density at radius 2 is 2.05 bits per heavy atom. The van der Waals surface area contributed by atoms with Gasteiger partial charge in [-0.15, -0.1) is 0 Å². The topological polar surface area (TPSA) is 21.3 Å². The summed E-state index contributed by atoms with van der Waals surface area (Å²) in [6.45, 7) is 5.36. The average Bonchev–Trinajstić information content (AvgIpc) is 2.48. The second-order valence-corrected chi connectivity index (χ2v) is 5.54. The normalized spacial score (nSPS) is 21.9. The minimum atomic E-state index is -0.397.